The molecular formula is C14H15NO2. The third kappa shape index (κ3) is 2.28. The van der Waals surface area contributed by atoms with Gasteiger partial charge in [0.15, 0.2) is 6.29 Å². The van der Waals surface area contributed by atoms with Crippen molar-refractivity contribution in [2.75, 3.05) is 0 Å². The zero-order valence-electron chi connectivity index (χ0n) is 10.0. The molecule has 1 heterocycles. The van der Waals surface area contributed by atoms with Gasteiger partial charge in [-0.15, -0.1) is 0 Å². The maximum absolute atomic E-state index is 10.9. The summed E-state index contributed by atoms with van der Waals surface area (Å²) in [5.41, 5.74) is 1.39. The van der Waals surface area contributed by atoms with Crippen LogP contribution in [-0.4, -0.2) is 17.4 Å². The fraction of sp³-hybridized carbons (Fsp3) is 0.286. The fourth-order valence-electron chi connectivity index (χ4n) is 1.67. The highest BCUT2D eigenvalue weighted by atomic mass is 16.5. The lowest BCUT2D eigenvalue weighted by Gasteiger charge is -2.14. The molecule has 0 aliphatic heterocycles. The van der Waals surface area contributed by atoms with Gasteiger partial charge in [-0.1, -0.05) is 13.0 Å². The zero-order chi connectivity index (χ0) is 12.3. The van der Waals surface area contributed by atoms with Crippen LogP contribution >= 0.6 is 0 Å². The highest BCUT2D eigenvalue weighted by molar-refractivity contribution is 5.98. The molecule has 17 heavy (non-hydrogen) atoms. The van der Waals surface area contributed by atoms with Crippen molar-refractivity contribution >= 4 is 17.2 Å². The van der Waals surface area contributed by atoms with Crippen molar-refractivity contribution in [2.24, 2.45) is 0 Å². The van der Waals surface area contributed by atoms with Crippen molar-refractivity contribution in [3.63, 3.8) is 0 Å². The molecule has 0 aliphatic carbocycles. The molecule has 2 aromatic rings. The van der Waals surface area contributed by atoms with Crippen molar-refractivity contribution in [2.45, 2.75) is 26.4 Å². The molecule has 2 rings (SSSR count). The van der Waals surface area contributed by atoms with E-state index in [-0.39, 0.29) is 6.10 Å². The summed E-state index contributed by atoms with van der Waals surface area (Å²) in [4.78, 5) is 15.2. The van der Waals surface area contributed by atoms with Gasteiger partial charge in [0.05, 0.1) is 6.10 Å². The van der Waals surface area contributed by atoms with E-state index in [1.807, 2.05) is 25.1 Å². The van der Waals surface area contributed by atoms with Gasteiger partial charge in [-0.25, -0.2) is 0 Å². The topological polar surface area (TPSA) is 39.2 Å². The van der Waals surface area contributed by atoms with Crippen LogP contribution in [0.2, 0.25) is 0 Å². The summed E-state index contributed by atoms with van der Waals surface area (Å²) < 4.78 is 5.80. The molecule has 0 radical (unpaired) electrons. The SMILES string of the molecule is CCC(C)Oc1ccc(C=O)c2cccnc12. The van der Waals surface area contributed by atoms with Crippen molar-refractivity contribution in [1.82, 2.24) is 4.98 Å². The van der Waals surface area contributed by atoms with E-state index in [1.165, 1.54) is 0 Å². The van der Waals surface area contributed by atoms with Gasteiger partial charge in [0.1, 0.15) is 11.3 Å². The highest BCUT2D eigenvalue weighted by Crippen LogP contribution is 2.26. The van der Waals surface area contributed by atoms with E-state index >= 15 is 0 Å². The van der Waals surface area contributed by atoms with E-state index in [2.05, 4.69) is 11.9 Å². The van der Waals surface area contributed by atoms with E-state index in [0.717, 1.165) is 29.4 Å². The molecule has 0 spiro atoms. The Balaban J connectivity index is 2.54. The van der Waals surface area contributed by atoms with Crippen LogP contribution in [0.4, 0.5) is 0 Å². The predicted octanol–water partition coefficient (Wildman–Crippen LogP) is 3.22. The van der Waals surface area contributed by atoms with E-state index in [1.54, 1.807) is 12.3 Å². The molecule has 0 bridgehead atoms. The minimum Gasteiger partial charge on any atom is -0.488 e. The van der Waals surface area contributed by atoms with Crippen molar-refractivity contribution in [1.29, 1.82) is 0 Å². The van der Waals surface area contributed by atoms with Gasteiger partial charge in [-0.3, -0.25) is 9.78 Å². The Morgan fingerprint density at radius 1 is 1.41 bits per heavy atom. The third-order valence-electron chi connectivity index (χ3n) is 2.80. The summed E-state index contributed by atoms with van der Waals surface area (Å²) >= 11 is 0. The number of carbonyl (C=O) groups excluding carboxylic acids is 1. The Morgan fingerprint density at radius 3 is 2.94 bits per heavy atom. The van der Waals surface area contributed by atoms with Crippen molar-refractivity contribution in [3.05, 3.63) is 36.0 Å². The van der Waals surface area contributed by atoms with Crippen LogP contribution in [0.25, 0.3) is 10.9 Å². The first-order valence-corrected chi connectivity index (χ1v) is 5.75. The summed E-state index contributed by atoms with van der Waals surface area (Å²) in [5.74, 6) is 0.737. The minimum atomic E-state index is 0.141. The Bertz CT molecular complexity index is 537. The first-order chi connectivity index (χ1) is 8.26. The maximum atomic E-state index is 10.9. The molecule has 0 saturated heterocycles. The van der Waals surface area contributed by atoms with E-state index in [4.69, 9.17) is 4.74 Å². The lowest BCUT2D eigenvalue weighted by atomic mass is 10.1. The number of carbonyl (C=O) groups is 1. The highest BCUT2D eigenvalue weighted by Gasteiger charge is 2.09. The third-order valence-corrected chi connectivity index (χ3v) is 2.80. The maximum Gasteiger partial charge on any atom is 0.150 e. The second kappa shape index (κ2) is 4.95. The largest absolute Gasteiger partial charge is 0.488 e. The normalized spacial score (nSPS) is 12.4. The second-order valence-electron chi connectivity index (χ2n) is 4.01. The number of aldehydes is 1. The standard InChI is InChI=1S/C14H15NO2/c1-3-10(2)17-13-7-6-11(9-16)12-5-4-8-15-14(12)13/h4-10H,3H2,1-2H3. The van der Waals surface area contributed by atoms with Crippen LogP contribution in [0.1, 0.15) is 30.6 Å². The van der Waals surface area contributed by atoms with Gasteiger partial charge in [-0.05, 0) is 31.5 Å². The number of nitrogens with zero attached hydrogens (tertiary/aromatic N) is 1. The molecule has 1 aromatic carbocycles. The van der Waals surface area contributed by atoms with Gasteiger partial charge < -0.3 is 4.74 Å². The van der Waals surface area contributed by atoms with E-state index in [0.29, 0.717) is 5.56 Å². The van der Waals surface area contributed by atoms with E-state index < -0.39 is 0 Å². The van der Waals surface area contributed by atoms with Crippen LogP contribution in [0.15, 0.2) is 30.5 Å². The predicted molar refractivity (Wildman–Crippen MR) is 67.5 cm³/mol. The Morgan fingerprint density at radius 2 is 2.24 bits per heavy atom. The summed E-state index contributed by atoms with van der Waals surface area (Å²) in [6, 6.07) is 7.29. The molecule has 3 nitrogen and oxygen atoms in total. The fourth-order valence-corrected chi connectivity index (χ4v) is 1.67. The van der Waals surface area contributed by atoms with Gasteiger partial charge in [0, 0.05) is 17.1 Å². The molecular weight excluding hydrogens is 214 g/mol. The summed E-state index contributed by atoms with van der Waals surface area (Å²) in [6.45, 7) is 4.09. The van der Waals surface area contributed by atoms with Gasteiger partial charge in [0.25, 0.3) is 0 Å². The number of aromatic nitrogens is 1. The number of hydrogen-bond donors (Lipinski definition) is 0. The Labute approximate surface area is 100 Å². The molecule has 1 atom stereocenters. The van der Waals surface area contributed by atoms with Crippen LogP contribution in [0.3, 0.4) is 0 Å². The van der Waals surface area contributed by atoms with Crippen LogP contribution in [0.5, 0.6) is 5.75 Å². The summed E-state index contributed by atoms with van der Waals surface area (Å²) in [6.07, 6.45) is 3.63. The van der Waals surface area contributed by atoms with Crippen LogP contribution in [0, 0.1) is 0 Å². The van der Waals surface area contributed by atoms with Gasteiger partial charge in [0.2, 0.25) is 0 Å². The lowest BCUT2D eigenvalue weighted by molar-refractivity contribution is 0.112. The molecule has 88 valence electrons. The molecule has 0 fully saturated rings. The van der Waals surface area contributed by atoms with Gasteiger partial charge >= 0.3 is 0 Å². The average Bonchev–Trinajstić information content (AvgIpc) is 2.39. The summed E-state index contributed by atoms with van der Waals surface area (Å²) in [5, 5.41) is 0.836. The number of fused-ring (bicyclic) bond motifs is 1. The molecule has 0 amide bonds. The quantitative estimate of drug-likeness (QED) is 0.755. The molecule has 3 heteroatoms. The molecule has 1 unspecified atom stereocenters. The number of hydrogen-bond acceptors (Lipinski definition) is 3. The number of rotatable bonds is 4. The zero-order valence-corrected chi connectivity index (χ0v) is 10.0. The number of pyridine rings is 1. The smallest absolute Gasteiger partial charge is 0.150 e. The summed E-state index contributed by atoms with van der Waals surface area (Å²) in [7, 11) is 0. The second-order valence-corrected chi connectivity index (χ2v) is 4.01. The minimum absolute atomic E-state index is 0.141. The van der Waals surface area contributed by atoms with E-state index in [9.17, 15) is 4.79 Å². The average molecular weight is 229 g/mol. The monoisotopic (exact) mass is 229 g/mol. The molecule has 0 aliphatic rings. The number of ether oxygens (including phenoxy) is 1. The lowest BCUT2D eigenvalue weighted by Crippen LogP contribution is -2.10. The van der Waals surface area contributed by atoms with Crippen molar-refractivity contribution < 1.29 is 9.53 Å². The van der Waals surface area contributed by atoms with Gasteiger partial charge in [-0.2, -0.15) is 0 Å². The van der Waals surface area contributed by atoms with Crippen LogP contribution in [-0.2, 0) is 0 Å². The Hall–Kier alpha value is -1.90. The first kappa shape index (κ1) is 11.6. The molecule has 0 saturated carbocycles. The van der Waals surface area contributed by atoms with Crippen LogP contribution < -0.4 is 4.74 Å². The van der Waals surface area contributed by atoms with Crippen molar-refractivity contribution in [3.8, 4) is 5.75 Å². The molecule has 0 N–H and O–H groups in total. The number of benzene rings is 1. The first-order valence-electron chi connectivity index (χ1n) is 5.75. The Kier molecular flexibility index (Phi) is 3.38. The molecule has 1 aromatic heterocycles.